The van der Waals surface area contributed by atoms with Gasteiger partial charge in [-0.15, -0.1) is 0 Å². The first-order valence-corrected chi connectivity index (χ1v) is 9.68. The van der Waals surface area contributed by atoms with E-state index in [1.54, 1.807) is 29.2 Å². The fourth-order valence-electron chi connectivity index (χ4n) is 3.50. The standard InChI is InChI=1S/C22H20F3N5O/c23-22(24,25)16-7-5-14(6-8-16)19-20(27)28-11-18(29-19)13-1-3-15(4-2-13)21(31)30-10-9-17(26)12-30/h1-8,11,17H,9-10,12,26H2,(H2,27,28). The van der Waals surface area contributed by atoms with Crippen LogP contribution in [0, 0.1) is 0 Å². The predicted molar refractivity (Wildman–Crippen MR) is 111 cm³/mol. The van der Waals surface area contributed by atoms with Crippen molar-refractivity contribution in [2.45, 2.75) is 18.6 Å². The SMILES string of the molecule is Nc1ncc(-c2ccc(C(=O)N3CCC(N)C3)cc2)nc1-c1ccc(C(F)(F)F)cc1. The number of hydrogen-bond acceptors (Lipinski definition) is 5. The van der Waals surface area contributed by atoms with E-state index in [2.05, 4.69) is 9.97 Å². The molecule has 1 amide bonds. The Balaban J connectivity index is 1.59. The molecule has 1 unspecified atom stereocenters. The third-order valence-electron chi connectivity index (χ3n) is 5.23. The first-order valence-electron chi connectivity index (χ1n) is 9.68. The van der Waals surface area contributed by atoms with Crippen LogP contribution in [0.4, 0.5) is 19.0 Å². The second-order valence-electron chi connectivity index (χ2n) is 7.44. The van der Waals surface area contributed by atoms with Gasteiger partial charge in [-0.05, 0) is 30.7 Å². The number of nitrogens with two attached hydrogens (primary N) is 2. The highest BCUT2D eigenvalue weighted by Gasteiger charge is 2.30. The van der Waals surface area contributed by atoms with E-state index in [-0.39, 0.29) is 23.5 Å². The summed E-state index contributed by atoms with van der Waals surface area (Å²) in [6, 6.07) is 11.5. The highest BCUT2D eigenvalue weighted by molar-refractivity contribution is 5.95. The fraction of sp³-hybridized carbons (Fsp3) is 0.227. The van der Waals surface area contributed by atoms with E-state index in [0.717, 1.165) is 18.6 Å². The normalized spacial score (nSPS) is 16.5. The molecule has 3 aromatic rings. The summed E-state index contributed by atoms with van der Waals surface area (Å²) in [7, 11) is 0. The molecule has 1 saturated heterocycles. The zero-order valence-electron chi connectivity index (χ0n) is 16.4. The van der Waals surface area contributed by atoms with Crippen LogP contribution < -0.4 is 11.5 Å². The summed E-state index contributed by atoms with van der Waals surface area (Å²) in [6.45, 7) is 1.18. The Kier molecular flexibility index (Phi) is 5.36. The molecular formula is C22H20F3N5O. The summed E-state index contributed by atoms with van der Waals surface area (Å²) in [4.78, 5) is 22.9. The van der Waals surface area contributed by atoms with E-state index < -0.39 is 11.7 Å². The average molecular weight is 427 g/mol. The third kappa shape index (κ3) is 4.36. The number of likely N-dealkylation sites (tertiary alicyclic amines) is 1. The number of carbonyl (C=O) groups is 1. The lowest BCUT2D eigenvalue weighted by Gasteiger charge is -2.16. The summed E-state index contributed by atoms with van der Waals surface area (Å²) >= 11 is 0. The van der Waals surface area contributed by atoms with E-state index in [9.17, 15) is 18.0 Å². The maximum atomic E-state index is 12.8. The minimum atomic E-state index is -4.42. The van der Waals surface area contributed by atoms with E-state index in [0.29, 0.717) is 35.5 Å². The van der Waals surface area contributed by atoms with Crippen LogP contribution in [0.5, 0.6) is 0 Å². The van der Waals surface area contributed by atoms with Gasteiger partial charge in [0.25, 0.3) is 5.91 Å². The van der Waals surface area contributed by atoms with Crippen LogP contribution in [0.15, 0.2) is 54.7 Å². The van der Waals surface area contributed by atoms with Gasteiger partial charge in [0.15, 0.2) is 0 Å². The van der Waals surface area contributed by atoms with Crippen molar-refractivity contribution in [1.82, 2.24) is 14.9 Å². The topological polar surface area (TPSA) is 98.1 Å². The average Bonchev–Trinajstić information content (AvgIpc) is 3.19. The highest BCUT2D eigenvalue weighted by atomic mass is 19.4. The molecule has 1 aliphatic heterocycles. The summed E-state index contributed by atoms with van der Waals surface area (Å²) < 4.78 is 38.4. The molecule has 31 heavy (non-hydrogen) atoms. The molecule has 1 fully saturated rings. The zero-order chi connectivity index (χ0) is 22.2. The molecular weight excluding hydrogens is 407 g/mol. The summed E-state index contributed by atoms with van der Waals surface area (Å²) in [6.07, 6.45) is -2.15. The van der Waals surface area contributed by atoms with Gasteiger partial charge in [-0.1, -0.05) is 24.3 Å². The number of carbonyl (C=O) groups excluding carboxylic acids is 1. The van der Waals surface area contributed by atoms with E-state index in [1.165, 1.54) is 18.3 Å². The molecule has 0 saturated carbocycles. The summed E-state index contributed by atoms with van der Waals surface area (Å²) in [5.41, 5.74) is 13.5. The number of halogens is 3. The number of hydrogen-bond donors (Lipinski definition) is 2. The molecule has 2 aromatic carbocycles. The van der Waals surface area contributed by atoms with E-state index in [4.69, 9.17) is 11.5 Å². The van der Waals surface area contributed by atoms with Crippen LogP contribution in [0.2, 0.25) is 0 Å². The van der Waals surface area contributed by atoms with Crippen LogP contribution in [0.3, 0.4) is 0 Å². The Labute approximate surface area is 176 Å². The number of alkyl halides is 3. The maximum Gasteiger partial charge on any atom is 0.416 e. The van der Waals surface area contributed by atoms with Crippen molar-refractivity contribution in [3.63, 3.8) is 0 Å². The predicted octanol–water partition coefficient (Wildman–Crippen LogP) is 3.58. The quantitative estimate of drug-likeness (QED) is 0.666. The Bertz CT molecular complexity index is 1100. The van der Waals surface area contributed by atoms with Gasteiger partial charge in [-0.2, -0.15) is 13.2 Å². The third-order valence-corrected chi connectivity index (χ3v) is 5.23. The van der Waals surface area contributed by atoms with Gasteiger partial charge in [-0.3, -0.25) is 4.79 Å². The van der Waals surface area contributed by atoms with Gasteiger partial charge in [0, 0.05) is 35.8 Å². The maximum absolute atomic E-state index is 12.8. The summed E-state index contributed by atoms with van der Waals surface area (Å²) in [5.74, 6) is 0.0361. The Morgan fingerprint density at radius 1 is 1.03 bits per heavy atom. The smallest absolute Gasteiger partial charge is 0.382 e. The van der Waals surface area contributed by atoms with Crippen LogP contribution in [-0.2, 0) is 6.18 Å². The molecule has 4 N–H and O–H groups in total. The molecule has 2 heterocycles. The molecule has 9 heteroatoms. The molecule has 6 nitrogen and oxygen atoms in total. The minimum Gasteiger partial charge on any atom is -0.382 e. The van der Waals surface area contributed by atoms with Gasteiger partial charge >= 0.3 is 6.18 Å². The van der Waals surface area contributed by atoms with E-state index in [1.807, 2.05) is 0 Å². The number of anilines is 1. The van der Waals surface area contributed by atoms with Crippen LogP contribution in [-0.4, -0.2) is 39.9 Å². The first-order chi connectivity index (χ1) is 14.7. The molecule has 0 radical (unpaired) electrons. The molecule has 160 valence electrons. The van der Waals surface area contributed by atoms with Gasteiger partial charge in [0.2, 0.25) is 0 Å². The Morgan fingerprint density at radius 2 is 1.68 bits per heavy atom. The number of nitrogen functional groups attached to an aromatic ring is 1. The molecule has 1 aromatic heterocycles. The molecule has 1 aliphatic rings. The van der Waals surface area contributed by atoms with Crippen LogP contribution in [0.1, 0.15) is 22.3 Å². The van der Waals surface area contributed by atoms with Crippen LogP contribution in [0.25, 0.3) is 22.5 Å². The van der Waals surface area contributed by atoms with Gasteiger partial charge in [0.1, 0.15) is 11.5 Å². The largest absolute Gasteiger partial charge is 0.416 e. The Hall–Kier alpha value is -3.46. The van der Waals surface area contributed by atoms with Crippen molar-refractivity contribution in [2.75, 3.05) is 18.8 Å². The lowest BCUT2D eigenvalue weighted by Crippen LogP contribution is -2.31. The van der Waals surface area contributed by atoms with Crippen molar-refractivity contribution in [1.29, 1.82) is 0 Å². The monoisotopic (exact) mass is 427 g/mol. The molecule has 0 spiro atoms. The number of benzene rings is 2. The molecule has 0 aliphatic carbocycles. The zero-order valence-corrected chi connectivity index (χ0v) is 16.4. The number of aromatic nitrogens is 2. The Morgan fingerprint density at radius 3 is 2.26 bits per heavy atom. The van der Waals surface area contributed by atoms with Crippen molar-refractivity contribution in [3.05, 3.63) is 65.9 Å². The van der Waals surface area contributed by atoms with Crippen LogP contribution >= 0.6 is 0 Å². The molecule has 0 bridgehead atoms. The van der Waals surface area contributed by atoms with Crippen molar-refractivity contribution in [2.24, 2.45) is 5.73 Å². The van der Waals surface area contributed by atoms with Gasteiger partial charge in [-0.25, -0.2) is 9.97 Å². The van der Waals surface area contributed by atoms with Gasteiger partial charge in [0.05, 0.1) is 17.5 Å². The highest BCUT2D eigenvalue weighted by Crippen LogP contribution is 2.32. The molecule has 1 atom stereocenters. The van der Waals surface area contributed by atoms with Crippen molar-refractivity contribution >= 4 is 11.7 Å². The van der Waals surface area contributed by atoms with Crippen molar-refractivity contribution < 1.29 is 18.0 Å². The second kappa shape index (κ2) is 7.99. The lowest BCUT2D eigenvalue weighted by molar-refractivity contribution is -0.137. The minimum absolute atomic E-state index is 0.0110. The first kappa shape index (κ1) is 20.8. The molecule has 4 rings (SSSR count). The van der Waals surface area contributed by atoms with Gasteiger partial charge < -0.3 is 16.4 Å². The number of nitrogens with zero attached hydrogens (tertiary/aromatic N) is 3. The van der Waals surface area contributed by atoms with Crippen molar-refractivity contribution in [3.8, 4) is 22.5 Å². The van der Waals surface area contributed by atoms with E-state index >= 15 is 0 Å². The second-order valence-corrected chi connectivity index (χ2v) is 7.44. The lowest BCUT2D eigenvalue weighted by atomic mass is 10.1. The fourth-order valence-corrected chi connectivity index (χ4v) is 3.50. The summed E-state index contributed by atoms with van der Waals surface area (Å²) in [5, 5.41) is 0. The number of rotatable bonds is 3. The number of amides is 1.